The van der Waals surface area contributed by atoms with E-state index in [2.05, 4.69) is 0 Å². The third-order valence-corrected chi connectivity index (χ3v) is 3.48. The molecule has 6 heteroatoms. The zero-order valence-electron chi connectivity index (χ0n) is 12.8. The number of hydrogen-bond donors (Lipinski definition) is 1. The number of aliphatic hydroxyl groups is 1. The summed E-state index contributed by atoms with van der Waals surface area (Å²) in [5, 5.41) is 9.79. The van der Waals surface area contributed by atoms with E-state index in [0.29, 0.717) is 5.56 Å². The van der Waals surface area contributed by atoms with Gasteiger partial charge in [0.25, 0.3) is 0 Å². The molecule has 0 aliphatic carbocycles. The van der Waals surface area contributed by atoms with Crippen LogP contribution in [0.25, 0.3) is 0 Å². The summed E-state index contributed by atoms with van der Waals surface area (Å²) in [7, 11) is 0. The van der Waals surface area contributed by atoms with Crippen molar-refractivity contribution in [2.75, 3.05) is 0 Å². The van der Waals surface area contributed by atoms with Crippen LogP contribution < -0.4 is 0 Å². The van der Waals surface area contributed by atoms with Gasteiger partial charge < -0.3 is 9.84 Å². The largest absolute Gasteiger partial charge is 0.459 e. The number of hydrogen-bond acceptors (Lipinski definition) is 3. The minimum absolute atomic E-state index is 0.0665. The first-order valence-electron chi connectivity index (χ1n) is 7.41. The van der Waals surface area contributed by atoms with Gasteiger partial charge in [-0.25, -0.2) is 4.79 Å². The Labute approximate surface area is 137 Å². The fourth-order valence-corrected chi connectivity index (χ4v) is 2.11. The zero-order chi connectivity index (χ0) is 17.6. The van der Waals surface area contributed by atoms with Gasteiger partial charge in [-0.3, -0.25) is 0 Å². The number of aliphatic hydroxyl groups excluding tert-OH is 1. The summed E-state index contributed by atoms with van der Waals surface area (Å²) in [4.78, 5) is 11.7. The van der Waals surface area contributed by atoms with Gasteiger partial charge in [0.15, 0.2) is 6.10 Å². The first-order valence-corrected chi connectivity index (χ1v) is 7.41. The molecule has 0 radical (unpaired) electrons. The molecule has 0 unspecified atom stereocenters. The van der Waals surface area contributed by atoms with Gasteiger partial charge in [-0.15, -0.1) is 0 Å². The fourth-order valence-electron chi connectivity index (χ4n) is 2.11. The molecule has 3 nitrogen and oxygen atoms in total. The molecule has 0 fully saturated rings. The van der Waals surface area contributed by atoms with Crippen molar-refractivity contribution in [3.05, 3.63) is 71.3 Å². The second kappa shape index (κ2) is 7.97. The molecule has 128 valence electrons. The van der Waals surface area contributed by atoms with E-state index in [1.165, 1.54) is 12.1 Å². The molecule has 2 aromatic carbocycles. The molecule has 2 rings (SSSR count). The number of rotatable bonds is 6. The summed E-state index contributed by atoms with van der Waals surface area (Å²) in [5.41, 5.74) is 0.688. The van der Waals surface area contributed by atoms with Crippen LogP contribution in [-0.2, 0) is 28.7 Å². The Kier molecular flexibility index (Phi) is 5.98. The number of aryl methyl sites for hydroxylation is 1. The summed E-state index contributed by atoms with van der Waals surface area (Å²) < 4.78 is 42.4. The number of halogens is 3. The van der Waals surface area contributed by atoms with Gasteiger partial charge in [-0.2, -0.15) is 13.2 Å². The Morgan fingerprint density at radius 1 is 1.00 bits per heavy atom. The number of alkyl halides is 3. The quantitative estimate of drug-likeness (QED) is 0.816. The van der Waals surface area contributed by atoms with Crippen molar-refractivity contribution in [2.45, 2.75) is 31.7 Å². The van der Waals surface area contributed by atoms with E-state index in [0.717, 1.165) is 17.7 Å². The third kappa shape index (κ3) is 5.38. The maximum atomic E-state index is 12.5. The Hall–Kier alpha value is -2.34. The maximum Gasteiger partial charge on any atom is 0.416 e. The molecule has 2 aromatic rings. The smallest absolute Gasteiger partial charge is 0.416 e. The van der Waals surface area contributed by atoms with Crippen LogP contribution in [0.3, 0.4) is 0 Å². The van der Waals surface area contributed by atoms with Gasteiger partial charge in [0.2, 0.25) is 0 Å². The van der Waals surface area contributed by atoms with Gasteiger partial charge in [0.05, 0.1) is 5.56 Å². The highest BCUT2D eigenvalue weighted by Crippen LogP contribution is 2.29. The van der Waals surface area contributed by atoms with Crippen LogP contribution in [0.5, 0.6) is 0 Å². The van der Waals surface area contributed by atoms with Gasteiger partial charge in [0.1, 0.15) is 6.61 Å². The lowest BCUT2D eigenvalue weighted by Crippen LogP contribution is -2.23. The fraction of sp³-hybridized carbons (Fsp3) is 0.278. The average molecular weight is 338 g/mol. The van der Waals surface area contributed by atoms with Crippen molar-refractivity contribution in [2.24, 2.45) is 0 Å². The predicted octanol–water partition coefficient (Wildman–Crippen LogP) is 3.74. The second-order valence-electron chi connectivity index (χ2n) is 5.34. The molecule has 1 N–H and O–H groups in total. The molecule has 24 heavy (non-hydrogen) atoms. The van der Waals surface area contributed by atoms with Crippen LogP contribution in [0.2, 0.25) is 0 Å². The van der Waals surface area contributed by atoms with Crippen LogP contribution in [-0.4, -0.2) is 17.2 Å². The lowest BCUT2D eigenvalue weighted by Gasteiger charge is -2.11. The lowest BCUT2D eigenvalue weighted by atomic mass is 10.0. The van der Waals surface area contributed by atoms with Gasteiger partial charge in [-0.05, 0) is 36.1 Å². The molecule has 0 bridgehead atoms. The average Bonchev–Trinajstić information content (AvgIpc) is 2.58. The van der Waals surface area contributed by atoms with Crippen molar-refractivity contribution in [3.63, 3.8) is 0 Å². The van der Waals surface area contributed by atoms with Gasteiger partial charge >= 0.3 is 12.1 Å². The molecular formula is C18H17F3O3. The van der Waals surface area contributed by atoms with E-state index in [1.54, 1.807) is 12.1 Å². The SMILES string of the molecule is O=C(OCc1ccccc1)[C@H](O)CCc1ccc(C(F)(F)F)cc1. The highest BCUT2D eigenvalue weighted by atomic mass is 19.4. The maximum absolute atomic E-state index is 12.5. The van der Waals surface area contributed by atoms with Crippen LogP contribution in [0.4, 0.5) is 13.2 Å². The Morgan fingerprint density at radius 2 is 1.62 bits per heavy atom. The second-order valence-corrected chi connectivity index (χ2v) is 5.34. The molecule has 0 saturated heterocycles. The first-order chi connectivity index (χ1) is 11.4. The summed E-state index contributed by atoms with van der Waals surface area (Å²) >= 11 is 0. The van der Waals surface area contributed by atoms with Crippen molar-refractivity contribution >= 4 is 5.97 Å². The van der Waals surface area contributed by atoms with Crippen LogP contribution in [0, 0.1) is 0 Å². The molecule has 0 aliphatic rings. The highest BCUT2D eigenvalue weighted by Gasteiger charge is 2.29. The molecule has 0 aliphatic heterocycles. The molecule has 0 heterocycles. The molecule has 0 saturated carbocycles. The monoisotopic (exact) mass is 338 g/mol. The topological polar surface area (TPSA) is 46.5 Å². The van der Waals surface area contributed by atoms with E-state index in [4.69, 9.17) is 4.74 Å². The van der Waals surface area contributed by atoms with E-state index in [-0.39, 0.29) is 19.4 Å². The van der Waals surface area contributed by atoms with E-state index >= 15 is 0 Å². The number of ether oxygens (including phenoxy) is 1. The molecular weight excluding hydrogens is 321 g/mol. The summed E-state index contributed by atoms with van der Waals surface area (Å²) in [6.07, 6.45) is -5.33. The standard InChI is InChI=1S/C18H17F3O3/c19-18(20,21)15-9-6-13(7-10-15)8-11-16(22)17(23)24-12-14-4-2-1-3-5-14/h1-7,9-10,16,22H,8,11-12H2/t16-/m1/s1. The molecule has 0 amide bonds. The number of benzene rings is 2. The van der Waals surface area contributed by atoms with E-state index in [1.807, 2.05) is 18.2 Å². The number of carbonyl (C=O) groups excluding carboxylic acids is 1. The Morgan fingerprint density at radius 3 is 2.21 bits per heavy atom. The van der Waals surface area contributed by atoms with Gasteiger partial charge in [0, 0.05) is 0 Å². The van der Waals surface area contributed by atoms with Crippen LogP contribution in [0.1, 0.15) is 23.1 Å². The van der Waals surface area contributed by atoms with Crippen LogP contribution >= 0.6 is 0 Å². The predicted molar refractivity (Wildman–Crippen MR) is 82.0 cm³/mol. The Bertz CT molecular complexity index is 651. The van der Waals surface area contributed by atoms with Crippen molar-refractivity contribution in [1.29, 1.82) is 0 Å². The third-order valence-electron chi connectivity index (χ3n) is 3.48. The lowest BCUT2D eigenvalue weighted by molar-refractivity contribution is -0.155. The molecule has 1 atom stereocenters. The normalized spacial score (nSPS) is 12.7. The minimum atomic E-state index is -4.38. The summed E-state index contributed by atoms with van der Waals surface area (Å²) in [5.74, 6) is -0.745. The summed E-state index contributed by atoms with van der Waals surface area (Å²) in [6.45, 7) is 0.0665. The van der Waals surface area contributed by atoms with Crippen molar-refractivity contribution < 1.29 is 27.8 Å². The van der Waals surface area contributed by atoms with Crippen LogP contribution in [0.15, 0.2) is 54.6 Å². The molecule has 0 spiro atoms. The summed E-state index contributed by atoms with van der Waals surface area (Å²) in [6, 6.07) is 13.7. The van der Waals surface area contributed by atoms with E-state index < -0.39 is 23.8 Å². The highest BCUT2D eigenvalue weighted by molar-refractivity contribution is 5.74. The molecule has 0 aromatic heterocycles. The van der Waals surface area contributed by atoms with Crippen molar-refractivity contribution in [1.82, 2.24) is 0 Å². The first kappa shape index (κ1) is 18.0. The van der Waals surface area contributed by atoms with Gasteiger partial charge in [-0.1, -0.05) is 42.5 Å². The minimum Gasteiger partial charge on any atom is -0.459 e. The zero-order valence-corrected chi connectivity index (χ0v) is 12.8. The van der Waals surface area contributed by atoms with E-state index in [9.17, 15) is 23.1 Å². The number of esters is 1. The van der Waals surface area contributed by atoms with Crippen molar-refractivity contribution in [3.8, 4) is 0 Å². The Balaban J connectivity index is 1.79. The number of carbonyl (C=O) groups is 1.